The second-order valence-electron chi connectivity index (χ2n) is 5.99. The number of epoxide rings is 1. The van der Waals surface area contributed by atoms with Crippen LogP contribution in [0.2, 0.25) is 5.02 Å². The second-order valence-corrected chi connectivity index (χ2v) is 6.40. The van der Waals surface area contributed by atoms with Crippen LogP contribution in [0.15, 0.2) is 12.1 Å². The quantitative estimate of drug-likeness (QED) is 0.636. The zero-order valence-electron chi connectivity index (χ0n) is 11.8. The molecule has 0 radical (unpaired) electrons. The summed E-state index contributed by atoms with van der Waals surface area (Å²) >= 11 is 6.31. The number of rotatable bonds is 3. The van der Waals surface area contributed by atoms with Crippen molar-refractivity contribution in [2.24, 2.45) is 11.8 Å². The first-order valence-electron chi connectivity index (χ1n) is 7.37. The lowest BCUT2D eigenvalue weighted by atomic mass is 9.99. The van der Waals surface area contributed by atoms with Crippen molar-refractivity contribution in [2.75, 3.05) is 13.7 Å². The van der Waals surface area contributed by atoms with Crippen LogP contribution in [-0.2, 0) is 20.7 Å². The summed E-state index contributed by atoms with van der Waals surface area (Å²) in [6, 6.07) is 4.08. The highest BCUT2D eigenvalue weighted by Crippen LogP contribution is 2.56. The minimum absolute atomic E-state index is 0.0152. The topological polar surface area (TPSA) is 48.1 Å². The maximum atomic E-state index is 11.5. The smallest absolute Gasteiger partial charge is 0.309 e. The van der Waals surface area contributed by atoms with Crippen LogP contribution in [-0.4, -0.2) is 25.8 Å². The zero-order chi connectivity index (χ0) is 14.6. The van der Waals surface area contributed by atoms with Crippen LogP contribution in [0.1, 0.15) is 30.1 Å². The van der Waals surface area contributed by atoms with Crippen molar-refractivity contribution in [3.63, 3.8) is 0 Å². The molecular formula is C16H17ClO4. The number of hydrogen-bond acceptors (Lipinski definition) is 4. The Balaban J connectivity index is 1.49. The van der Waals surface area contributed by atoms with Crippen LogP contribution in [0.3, 0.4) is 0 Å². The predicted octanol–water partition coefficient (Wildman–Crippen LogP) is 2.91. The van der Waals surface area contributed by atoms with Gasteiger partial charge < -0.3 is 14.2 Å². The molecular weight excluding hydrogens is 292 g/mol. The maximum Gasteiger partial charge on any atom is 0.309 e. The Morgan fingerprint density at radius 3 is 3.10 bits per heavy atom. The monoisotopic (exact) mass is 308 g/mol. The molecule has 4 rings (SSSR count). The largest absolute Gasteiger partial charge is 0.492 e. The van der Waals surface area contributed by atoms with E-state index in [1.165, 1.54) is 12.7 Å². The van der Waals surface area contributed by atoms with Gasteiger partial charge in [0, 0.05) is 5.92 Å². The molecule has 3 aliphatic rings. The van der Waals surface area contributed by atoms with E-state index in [2.05, 4.69) is 6.07 Å². The normalized spacial score (nSPS) is 32.9. The standard InChI is InChI=1S/C16H17ClO4/c1-19-16(18)11-7-10(11)15-14(21-15)9-5-8-3-2-4-20-13(8)12(17)6-9/h5-6,10-11,14-15H,2-4,7H2,1H3/t10?,11-,14?,15?/m0/s1. The van der Waals surface area contributed by atoms with Crippen LogP contribution in [0, 0.1) is 11.8 Å². The van der Waals surface area contributed by atoms with Gasteiger partial charge in [-0.2, -0.15) is 0 Å². The van der Waals surface area contributed by atoms with Crippen LogP contribution in [0.5, 0.6) is 5.75 Å². The van der Waals surface area contributed by atoms with Gasteiger partial charge in [-0.25, -0.2) is 0 Å². The van der Waals surface area contributed by atoms with Crippen molar-refractivity contribution in [1.82, 2.24) is 0 Å². The van der Waals surface area contributed by atoms with Gasteiger partial charge in [0.2, 0.25) is 0 Å². The van der Waals surface area contributed by atoms with E-state index in [0.29, 0.717) is 10.9 Å². The minimum Gasteiger partial charge on any atom is -0.492 e. The molecule has 5 heteroatoms. The summed E-state index contributed by atoms with van der Waals surface area (Å²) in [4.78, 5) is 11.5. The summed E-state index contributed by atoms with van der Waals surface area (Å²) in [5.41, 5.74) is 2.27. The lowest BCUT2D eigenvalue weighted by Gasteiger charge is -2.19. The van der Waals surface area contributed by atoms with E-state index in [1.807, 2.05) is 6.07 Å². The average Bonchev–Trinajstić information content (AvgIpc) is 3.37. The van der Waals surface area contributed by atoms with Gasteiger partial charge in [0.25, 0.3) is 0 Å². The van der Waals surface area contributed by atoms with Crippen molar-refractivity contribution < 1.29 is 19.0 Å². The number of benzene rings is 1. The molecule has 0 bridgehead atoms. The molecule has 0 amide bonds. The molecule has 1 saturated carbocycles. The Hall–Kier alpha value is -1.26. The molecule has 4 nitrogen and oxygen atoms in total. The summed E-state index contributed by atoms with van der Waals surface area (Å²) < 4.78 is 16.2. The molecule has 1 saturated heterocycles. The molecule has 21 heavy (non-hydrogen) atoms. The fraction of sp³-hybridized carbons (Fsp3) is 0.562. The number of halogens is 1. The predicted molar refractivity (Wildman–Crippen MR) is 76.5 cm³/mol. The first kappa shape index (κ1) is 13.4. The Morgan fingerprint density at radius 1 is 1.43 bits per heavy atom. The van der Waals surface area contributed by atoms with Crippen LogP contribution < -0.4 is 4.74 Å². The van der Waals surface area contributed by atoms with Gasteiger partial charge in [-0.1, -0.05) is 11.6 Å². The SMILES string of the molecule is COC(=O)[C@H]1CC1C1OC1c1cc(Cl)c2c(c1)CCCO2. The van der Waals surface area contributed by atoms with E-state index in [4.69, 9.17) is 25.8 Å². The van der Waals surface area contributed by atoms with Crippen LogP contribution in [0.25, 0.3) is 0 Å². The van der Waals surface area contributed by atoms with Crippen LogP contribution >= 0.6 is 11.6 Å². The number of ether oxygens (including phenoxy) is 3. The van der Waals surface area contributed by atoms with E-state index >= 15 is 0 Å². The van der Waals surface area contributed by atoms with Crippen LogP contribution in [0.4, 0.5) is 0 Å². The number of carbonyl (C=O) groups is 1. The molecule has 112 valence electrons. The third-order valence-electron chi connectivity index (χ3n) is 4.60. The van der Waals surface area contributed by atoms with Crippen molar-refractivity contribution in [1.29, 1.82) is 0 Å². The summed E-state index contributed by atoms with van der Waals surface area (Å²) in [6.45, 7) is 0.734. The molecule has 0 spiro atoms. The summed E-state index contributed by atoms with van der Waals surface area (Å²) in [6.07, 6.45) is 3.08. The first-order chi connectivity index (χ1) is 10.2. The van der Waals surface area contributed by atoms with Gasteiger partial charge in [0.1, 0.15) is 11.9 Å². The molecule has 3 unspecified atom stereocenters. The van der Waals surface area contributed by atoms with Gasteiger partial charge >= 0.3 is 5.97 Å². The molecule has 0 N–H and O–H groups in total. The van der Waals surface area contributed by atoms with E-state index in [0.717, 1.165) is 37.2 Å². The molecule has 1 aliphatic carbocycles. The van der Waals surface area contributed by atoms with Crippen molar-refractivity contribution in [3.8, 4) is 5.75 Å². The maximum absolute atomic E-state index is 11.5. The number of aryl methyl sites for hydroxylation is 1. The average molecular weight is 309 g/mol. The Bertz CT molecular complexity index is 600. The highest BCUT2D eigenvalue weighted by Gasteiger charge is 2.59. The lowest BCUT2D eigenvalue weighted by molar-refractivity contribution is -0.142. The molecule has 2 aliphatic heterocycles. The van der Waals surface area contributed by atoms with Gasteiger partial charge in [-0.3, -0.25) is 4.79 Å². The molecule has 4 atom stereocenters. The van der Waals surface area contributed by atoms with E-state index in [9.17, 15) is 4.79 Å². The third-order valence-corrected chi connectivity index (χ3v) is 4.88. The molecule has 2 fully saturated rings. The van der Waals surface area contributed by atoms with Crippen molar-refractivity contribution >= 4 is 17.6 Å². The van der Waals surface area contributed by atoms with Gasteiger partial charge in [0.05, 0.1) is 30.8 Å². The first-order valence-corrected chi connectivity index (χ1v) is 7.75. The number of methoxy groups -OCH3 is 1. The molecule has 2 heterocycles. The van der Waals surface area contributed by atoms with Gasteiger partial charge in [0.15, 0.2) is 0 Å². The third kappa shape index (κ3) is 2.30. The van der Waals surface area contributed by atoms with Crippen molar-refractivity contribution in [2.45, 2.75) is 31.5 Å². The minimum atomic E-state index is -0.119. The summed E-state index contributed by atoms with van der Waals surface area (Å²) in [5, 5.41) is 0.664. The van der Waals surface area contributed by atoms with E-state index < -0.39 is 0 Å². The number of fused-ring (bicyclic) bond motifs is 1. The summed E-state index contributed by atoms with van der Waals surface area (Å²) in [7, 11) is 1.44. The Kier molecular flexibility index (Phi) is 3.12. The van der Waals surface area contributed by atoms with Gasteiger partial charge in [-0.05, 0) is 42.5 Å². The second kappa shape index (κ2) is 4.89. The summed E-state index contributed by atoms with van der Waals surface area (Å²) in [5.74, 6) is 1.02. The molecule has 0 aromatic heterocycles. The number of esters is 1. The molecule has 1 aromatic carbocycles. The Morgan fingerprint density at radius 2 is 2.29 bits per heavy atom. The zero-order valence-corrected chi connectivity index (χ0v) is 12.6. The fourth-order valence-electron chi connectivity index (χ4n) is 3.34. The number of carbonyl (C=O) groups excluding carboxylic acids is 1. The van der Waals surface area contributed by atoms with Gasteiger partial charge in [-0.15, -0.1) is 0 Å². The fourth-order valence-corrected chi connectivity index (χ4v) is 3.64. The lowest BCUT2D eigenvalue weighted by Crippen LogP contribution is -2.09. The number of hydrogen-bond donors (Lipinski definition) is 0. The highest BCUT2D eigenvalue weighted by atomic mass is 35.5. The molecule has 1 aromatic rings. The van der Waals surface area contributed by atoms with E-state index in [-0.39, 0.29) is 24.1 Å². The van der Waals surface area contributed by atoms with E-state index in [1.54, 1.807) is 0 Å². The highest BCUT2D eigenvalue weighted by molar-refractivity contribution is 6.32. The van der Waals surface area contributed by atoms with Crippen molar-refractivity contribution in [3.05, 3.63) is 28.3 Å². The Labute approximate surface area is 128 Å².